The van der Waals surface area contributed by atoms with Crippen LogP contribution in [0.4, 0.5) is 0 Å². The van der Waals surface area contributed by atoms with Gasteiger partial charge in [0.1, 0.15) is 0 Å². The van der Waals surface area contributed by atoms with Gasteiger partial charge < -0.3 is 5.32 Å². The van der Waals surface area contributed by atoms with Crippen LogP contribution in [-0.2, 0) is 0 Å². The second-order valence-electron chi connectivity index (χ2n) is 5.97. The molecule has 0 amide bonds. The van der Waals surface area contributed by atoms with E-state index in [0.717, 1.165) is 13.1 Å². The van der Waals surface area contributed by atoms with Crippen LogP contribution in [0.25, 0.3) is 0 Å². The summed E-state index contributed by atoms with van der Waals surface area (Å²) in [5.41, 5.74) is 0.354. The molecule has 0 aliphatic heterocycles. The van der Waals surface area contributed by atoms with E-state index in [9.17, 15) is 0 Å². The van der Waals surface area contributed by atoms with Crippen LogP contribution in [0.2, 0.25) is 0 Å². The molecule has 2 atom stereocenters. The van der Waals surface area contributed by atoms with Crippen molar-refractivity contribution in [3.63, 3.8) is 0 Å². The Balaban J connectivity index is 4.24. The summed E-state index contributed by atoms with van der Waals surface area (Å²) in [7, 11) is 2.26. The van der Waals surface area contributed by atoms with Gasteiger partial charge in [-0.05, 0) is 38.8 Å². The van der Waals surface area contributed by atoms with Gasteiger partial charge in [-0.25, -0.2) is 0 Å². The number of nitrogens with one attached hydrogen (secondary N) is 1. The highest BCUT2D eigenvalue weighted by molar-refractivity contribution is 4.82. The lowest BCUT2D eigenvalue weighted by atomic mass is 9.86. The molecule has 0 aromatic carbocycles. The quantitative estimate of drug-likeness (QED) is 0.674. The summed E-state index contributed by atoms with van der Waals surface area (Å²) in [5, 5.41) is 3.53. The van der Waals surface area contributed by atoms with Crippen LogP contribution in [-0.4, -0.2) is 37.1 Å². The van der Waals surface area contributed by atoms with E-state index in [1.165, 1.54) is 12.8 Å². The van der Waals surface area contributed by atoms with Gasteiger partial charge >= 0.3 is 0 Å². The fourth-order valence-electron chi connectivity index (χ4n) is 1.95. The van der Waals surface area contributed by atoms with Crippen molar-refractivity contribution >= 4 is 0 Å². The third-order valence-electron chi connectivity index (χ3n) is 3.72. The highest BCUT2D eigenvalue weighted by Gasteiger charge is 2.27. The molecule has 0 aromatic heterocycles. The lowest BCUT2D eigenvalue weighted by molar-refractivity contribution is 0.0941. The maximum atomic E-state index is 3.53. The van der Waals surface area contributed by atoms with Crippen LogP contribution in [0.15, 0.2) is 0 Å². The van der Waals surface area contributed by atoms with E-state index < -0.39 is 0 Å². The van der Waals surface area contributed by atoms with E-state index in [-0.39, 0.29) is 0 Å². The van der Waals surface area contributed by atoms with Gasteiger partial charge in [0.25, 0.3) is 0 Å². The molecule has 0 bridgehead atoms. The molecule has 2 nitrogen and oxygen atoms in total. The maximum Gasteiger partial charge on any atom is 0.0218 e. The highest BCUT2D eigenvalue weighted by Crippen LogP contribution is 2.24. The average Bonchev–Trinajstić information content (AvgIpc) is 2.21. The van der Waals surface area contributed by atoms with Crippen LogP contribution in [0.3, 0.4) is 0 Å². The molecule has 1 N–H and O–H groups in total. The predicted molar refractivity (Wildman–Crippen MR) is 73.9 cm³/mol. The fourth-order valence-corrected chi connectivity index (χ4v) is 1.95. The second-order valence-corrected chi connectivity index (χ2v) is 5.97. The molecule has 0 saturated heterocycles. The molecular formula is C14H32N2. The molecule has 16 heavy (non-hydrogen) atoms. The van der Waals surface area contributed by atoms with Gasteiger partial charge in [-0.2, -0.15) is 0 Å². The van der Waals surface area contributed by atoms with E-state index in [4.69, 9.17) is 0 Å². The van der Waals surface area contributed by atoms with E-state index in [1.54, 1.807) is 0 Å². The number of likely N-dealkylation sites (N-methyl/N-ethyl adjacent to an activating group) is 1. The van der Waals surface area contributed by atoms with Gasteiger partial charge in [0.05, 0.1) is 0 Å². The lowest BCUT2D eigenvalue weighted by Crippen LogP contribution is -2.48. The average molecular weight is 228 g/mol. The third kappa shape index (κ3) is 5.31. The predicted octanol–water partition coefficient (Wildman–Crippen LogP) is 3.13. The molecule has 0 aliphatic carbocycles. The lowest BCUT2D eigenvalue weighted by Gasteiger charge is -2.40. The minimum atomic E-state index is 0.354. The topological polar surface area (TPSA) is 15.3 Å². The Labute approximate surface area is 103 Å². The first-order valence-electron chi connectivity index (χ1n) is 6.77. The van der Waals surface area contributed by atoms with Crippen LogP contribution < -0.4 is 5.32 Å². The van der Waals surface area contributed by atoms with Crippen LogP contribution >= 0.6 is 0 Å². The van der Waals surface area contributed by atoms with Crippen molar-refractivity contribution in [3.05, 3.63) is 0 Å². The Morgan fingerprint density at radius 3 is 2.12 bits per heavy atom. The van der Waals surface area contributed by atoms with Crippen molar-refractivity contribution < 1.29 is 0 Å². The molecule has 2 heteroatoms. The Hall–Kier alpha value is -0.0800. The van der Waals surface area contributed by atoms with Crippen molar-refractivity contribution in [1.82, 2.24) is 10.2 Å². The summed E-state index contributed by atoms with van der Waals surface area (Å²) >= 11 is 0. The third-order valence-corrected chi connectivity index (χ3v) is 3.72. The molecule has 0 radical (unpaired) electrons. The van der Waals surface area contributed by atoms with Crippen molar-refractivity contribution in [2.24, 2.45) is 5.41 Å². The minimum Gasteiger partial charge on any atom is -0.315 e. The molecule has 2 unspecified atom stereocenters. The van der Waals surface area contributed by atoms with Gasteiger partial charge in [-0.15, -0.1) is 0 Å². The molecule has 0 aromatic rings. The van der Waals surface area contributed by atoms with Crippen molar-refractivity contribution in [2.75, 3.05) is 20.1 Å². The first-order chi connectivity index (χ1) is 7.34. The van der Waals surface area contributed by atoms with E-state index in [1.807, 2.05) is 0 Å². The van der Waals surface area contributed by atoms with Gasteiger partial charge in [-0.1, -0.05) is 34.6 Å². The molecule has 0 spiro atoms. The zero-order valence-electron chi connectivity index (χ0n) is 12.4. The Morgan fingerprint density at radius 1 is 1.19 bits per heavy atom. The van der Waals surface area contributed by atoms with Crippen molar-refractivity contribution in [1.29, 1.82) is 0 Å². The van der Waals surface area contributed by atoms with Gasteiger partial charge in [-0.3, -0.25) is 4.90 Å². The Morgan fingerprint density at radius 2 is 1.75 bits per heavy atom. The molecule has 0 heterocycles. The van der Waals surface area contributed by atoms with Gasteiger partial charge in [0.15, 0.2) is 0 Å². The van der Waals surface area contributed by atoms with Crippen molar-refractivity contribution in [3.8, 4) is 0 Å². The Kier molecular flexibility index (Phi) is 7.25. The molecule has 0 saturated carbocycles. The summed E-state index contributed by atoms with van der Waals surface area (Å²) in [4.78, 5) is 2.53. The van der Waals surface area contributed by atoms with Gasteiger partial charge in [0.2, 0.25) is 0 Å². The van der Waals surface area contributed by atoms with Crippen LogP contribution in [0.1, 0.15) is 54.4 Å². The normalized spacial score (nSPS) is 16.5. The second kappa shape index (κ2) is 7.29. The number of nitrogens with zero attached hydrogens (tertiary/aromatic N) is 1. The first kappa shape index (κ1) is 15.9. The SMILES string of the molecule is CCCNCC(CC)N(C)C(C)C(C)(C)C. The standard InChI is InChI=1S/C14H32N2/c1-8-10-15-11-13(9-2)16(7)12(3)14(4,5)6/h12-13,15H,8-11H2,1-7H3. The van der Waals surface area contributed by atoms with Crippen LogP contribution in [0, 0.1) is 5.41 Å². The zero-order valence-corrected chi connectivity index (χ0v) is 12.4. The fraction of sp³-hybridized carbons (Fsp3) is 1.00. The van der Waals surface area contributed by atoms with E-state index in [2.05, 4.69) is 58.8 Å². The largest absolute Gasteiger partial charge is 0.315 e. The first-order valence-corrected chi connectivity index (χ1v) is 6.77. The number of rotatable bonds is 7. The minimum absolute atomic E-state index is 0.354. The summed E-state index contributed by atoms with van der Waals surface area (Å²) < 4.78 is 0. The van der Waals surface area contributed by atoms with Gasteiger partial charge in [0, 0.05) is 18.6 Å². The zero-order chi connectivity index (χ0) is 12.8. The number of hydrogen-bond donors (Lipinski definition) is 1. The number of hydrogen-bond acceptors (Lipinski definition) is 2. The molecule has 0 rings (SSSR count). The molecule has 0 aliphatic rings. The summed E-state index contributed by atoms with van der Waals surface area (Å²) in [6, 6.07) is 1.27. The van der Waals surface area contributed by atoms with E-state index in [0.29, 0.717) is 17.5 Å². The smallest absolute Gasteiger partial charge is 0.0218 e. The summed E-state index contributed by atoms with van der Waals surface area (Å²) in [6.45, 7) is 16.0. The molecule has 0 fully saturated rings. The Bertz CT molecular complexity index is 172. The van der Waals surface area contributed by atoms with Crippen LogP contribution in [0.5, 0.6) is 0 Å². The maximum absolute atomic E-state index is 3.53. The summed E-state index contributed by atoms with van der Waals surface area (Å²) in [6.07, 6.45) is 2.43. The summed E-state index contributed by atoms with van der Waals surface area (Å²) in [5.74, 6) is 0. The molecule has 98 valence electrons. The molecular weight excluding hydrogens is 196 g/mol. The monoisotopic (exact) mass is 228 g/mol. The van der Waals surface area contributed by atoms with Crippen molar-refractivity contribution in [2.45, 2.75) is 66.5 Å². The van der Waals surface area contributed by atoms with E-state index >= 15 is 0 Å². The highest BCUT2D eigenvalue weighted by atomic mass is 15.2.